The largest absolute Gasteiger partial charge is 0.493 e. The number of nitriles is 1. The Balaban J connectivity index is 2.56. The van der Waals surface area contributed by atoms with Gasteiger partial charge in [-0.3, -0.25) is 0 Å². The van der Waals surface area contributed by atoms with E-state index in [1.54, 1.807) is 14.2 Å². The molecule has 0 aliphatic rings. The van der Waals surface area contributed by atoms with Gasteiger partial charge in [0.05, 0.1) is 20.3 Å². The summed E-state index contributed by atoms with van der Waals surface area (Å²) in [6.07, 6.45) is 7.35. The van der Waals surface area contributed by atoms with Crippen molar-refractivity contribution in [1.29, 1.82) is 5.26 Å². The number of hydrogen-bond donors (Lipinski definition) is 1. The Labute approximate surface area is 153 Å². The second-order valence-electron chi connectivity index (χ2n) is 6.73. The number of hydrogen-bond acceptors (Lipinski definition) is 4. The van der Waals surface area contributed by atoms with Crippen molar-refractivity contribution in [3.05, 3.63) is 23.8 Å². The molecule has 0 unspecified atom stereocenters. The molecule has 0 amide bonds. The molecule has 4 nitrogen and oxygen atoms in total. The van der Waals surface area contributed by atoms with Crippen LogP contribution in [0.25, 0.3) is 0 Å². The smallest absolute Gasteiger partial charge is 0.160 e. The molecule has 0 bridgehead atoms. The minimum Gasteiger partial charge on any atom is -0.493 e. The van der Waals surface area contributed by atoms with E-state index in [1.807, 2.05) is 12.1 Å². The van der Waals surface area contributed by atoms with Gasteiger partial charge >= 0.3 is 0 Å². The van der Waals surface area contributed by atoms with E-state index < -0.39 is 0 Å². The molecule has 0 aliphatic heterocycles. The maximum Gasteiger partial charge on any atom is 0.160 e. The summed E-state index contributed by atoms with van der Waals surface area (Å²) < 4.78 is 10.7. The fraction of sp³-hybridized carbons (Fsp3) is 0.667. The van der Waals surface area contributed by atoms with E-state index in [2.05, 4.69) is 31.3 Å². The van der Waals surface area contributed by atoms with Crippen LogP contribution in [0.4, 0.5) is 0 Å². The highest BCUT2D eigenvalue weighted by Gasteiger charge is 2.26. The summed E-state index contributed by atoms with van der Waals surface area (Å²) in [7, 11) is 3.32. The molecule has 1 N–H and O–H groups in total. The van der Waals surface area contributed by atoms with Gasteiger partial charge in [-0.1, -0.05) is 32.8 Å². The van der Waals surface area contributed by atoms with Gasteiger partial charge in [-0.25, -0.2) is 0 Å². The number of unbranched alkanes of at least 4 members (excludes halogenated alkanes) is 1. The van der Waals surface area contributed by atoms with E-state index in [9.17, 15) is 0 Å². The van der Waals surface area contributed by atoms with Crippen LogP contribution in [0.3, 0.4) is 0 Å². The average Bonchev–Trinajstić information content (AvgIpc) is 2.66. The molecule has 140 valence electrons. The van der Waals surface area contributed by atoms with Crippen LogP contribution in [0.1, 0.15) is 57.9 Å². The summed E-state index contributed by atoms with van der Waals surface area (Å²) in [5.74, 6) is 1.54. The van der Waals surface area contributed by atoms with E-state index >= 15 is 0 Å². The van der Waals surface area contributed by atoms with Gasteiger partial charge < -0.3 is 14.8 Å². The average molecular weight is 347 g/mol. The number of rotatable bonds is 13. The van der Waals surface area contributed by atoms with Gasteiger partial charge in [0.25, 0.3) is 0 Å². The van der Waals surface area contributed by atoms with Gasteiger partial charge in [-0.05, 0) is 55.3 Å². The standard InChI is InChI=1S/C21H34N2O2/c1-5-7-12-21(6-2,13-8-14-22)17-23-15-11-18-9-10-19(24-3)20(16-18)25-4/h9-10,16,23H,5-8,11-13,15,17H2,1-4H3/t21-/m1/s1. The summed E-state index contributed by atoms with van der Waals surface area (Å²) in [5, 5.41) is 12.6. The van der Waals surface area contributed by atoms with Crippen LogP contribution < -0.4 is 14.8 Å². The zero-order valence-electron chi connectivity index (χ0n) is 16.4. The lowest BCUT2D eigenvalue weighted by atomic mass is 9.76. The van der Waals surface area contributed by atoms with Gasteiger partial charge in [0, 0.05) is 13.0 Å². The molecule has 0 heterocycles. The number of methoxy groups -OCH3 is 2. The first-order valence-corrected chi connectivity index (χ1v) is 9.43. The van der Waals surface area contributed by atoms with Crippen molar-refractivity contribution in [2.75, 3.05) is 27.3 Å². The lowest BCUT2D eigenvalue weighted by Crippen LogP contribution is -2.35. The highest BCUT2D eigenvalue weighted by atomic mass is 16.5. The molecule has 4 heteroatoms. The number of ether oxygens (including phenoxy) is 2. The van der Waals surface area contributed by atoms with Crippen LogP contribution in [-0.4, -0.2) is 27.3 Å². The van der Waals surface area contributed by atoms with Crippen molar-refractivity contribution >= 4 is 0 Å². The van der Waals surface area contributed by atoms with Crippen molar-refractivity contribution in [2.24, 2.45) is 5.41 Å². The first-order valence-electron chi connectivity index (χ1n) is 9.43. The second kappa shape index (κ2) is 11.8. The Bertz CT molecular complexity index is 539. The molecule has 1 aromatic carbocycles. The third kappa shape index (κ3) is 6.96. The van der Waals surface area contributed by atoms with Crippen LogP contribution >= 0.6 is 0 Å². The molecule has 1 rings (SSSR count). The summed E-state index contributed by atoms with van der Waals surface area (Å²) in [5.41, 5.74) is 1.49. The molecule has 0 aliphatic carbocycles. The molecule has 0 saturated carbocycles. The molecule has 0 saturated heterocycles. The number of benzene rings is 1. The zero-order chi connectivity index (χ0) is 18.5. The second-order valence-corrected chi connectivity index (χ2v) is 6.73. The maximum absolute atomic E-state index is 8.97. The molecule has 1 aromatic rings. The van der Waals surface area contributed by atoms with E-state index in [0.29, 0.717) is 6.42 Å². The minimum atomic E-state index is 0.253. The summed E-state index contributed by atoms with van der Waals surface area (Å²) in [4.78, 5) is 0. The molecule has 0 fully saturated rings. The molecular formula is C21H34N2O2. The molecule has 0 radical (unpaired) electrons. The predicted molar refractivity (Wildman–Crippen MR) is 103 cm³/mol. The molecule has 0 aromatic heterocycles. The van der Waals surface area contributed by atoms with E-state index in [1.165, 1.54) is 24.8 Å². The monoisotopic (exact) mass is 346 g/mol. The predicted octanol–water partition coefficient (Wildman–Crippen LogP) is 4.73. The Kier molecular flexibility index (Phi) is 10.0. The van der Waals surface area contributed by atoms with Gasteiger partial charge in [-0.2, -0.15) is 5.26 Å². The SMILES string of the molecule is CCCC[C@](CC)(CCC#N)CNCCc1ccc(OC)c(OC)c1. The Morgan fingerprint density at radius 2 is 1.88 bits per heavy atom. The lowest BCUT2D eigenvalue weighted by Gasteiger charge is -2.33. The van der Waals surface area contributed by atoms with Gasteiger partial charge in [0.1, 0.15) is 0 Å². The van der Waals surface area contributed by atoms with E-state index in [0.717, 1.165) is 43.9 Å². The molecule has 0 spiro atoms. The minimum absolute atomic E-state index is 0.253. The summed E-state index contributed by atoms with van der Waals surface area (Å²) >= 11 is 0. The maximum atomic E-state index is 8.97. The fourth-order valence-electron chi connectivity index (χ4n) is 3.28. The topological polar surface area (TPSA) is 54.3 Å². The zero-order valence-corrected chi connectivity index (χ0v) is 16.4. The highest BCUT2D eigenvalue weighted by Crippen LogP contribution is 2.33. The number of nitrogens with one attached hydrogen (secondary N) is 1. The van der Waals surface area contributed by atoms with Crippen molar-refractivity contribution in [3.63, 3.8) is 0 Å². The van der Waals surface area contributed by atoms with Crippen LogP contribution in [0.2, 0.25) is 0 Å². The van der Waals surface area contributed by atoms with Crippen molar-refractivity contribution < 1.29 is 9.47 Å². The van der Waals surface area contributed by atoms with E-state index in [4.69, 9.17) is 14.7 Å². The van der Waals surface area contributed by atoms with Gasteiger partial charge in [-0.15, -0.1) is 0 Å². The molecular weight excluding hydrogens is 312 g/mol. The van der Waals surface area contributed by atoms with Crippen LogP contribution in [-0.2, 0) is 6.42 Å². The Morgan fingerprint density at radius 1 is 1.12 bits per heavy atom. The highest BCUT2D eigenvalue weighted by molar-refractivity contribution is 5.42. The number of nitrogens with zero attached hydrogens (tertiary/aromatic N) is 1. The fourth-order valence-corrected chi connectivity index (χ4v) is 3.28. The Hall–Kier alpha value is -1.73. The summed E-state index contributed by atoms with van der Waals surface area (Å²) in [6, 6.07) is 8.41. The third-order valence-corrected chi connectivity index (χ3v) is 5.12. The van der Waals surface area contributed by atoms with Gasteiger partial charge in [0.2, 0.25) is 0 Å². The van der Waals surface area contributed by atoms with Crippen LogP contribution in [0.15, 0.2) is 18.2 Å². The quantitative estimate of drug-likeness (QED) is 0.525. The van der Waals surface area contributed by atoms with E-state index in [-0.39, 0.29) is 5.41 Å². The first kappa shape index (κ1) is 21.3. The molecule has 1 atom stereocenters. The van der Waals surface area contributed by atoms with Crippen molar-refractivity contribution in [2.45, 2.75) is 58.8 Å². The Morgan fingerprint density at radius 3 is 2.48 bits per heavy atom. The normalized spacial score (nSPS) is 13.1. The summed E-state index contributed by atoms with van der Waals surface area (Å²) in [6.45, 7) is 6.40. The van der Waals surface area contributed by atoms with Crippen LogP contribution in [0, 0.1) is 16.7 Å². The lowest BCUT2D eigenvalue weighted by molar-refractivity contribution is 0.215. The van der Waals surface area contributed by atoms with Crippen molar-refractivity contribution in [1.82, 2.24) is 5.32 Å². The third-order valence-electron chi connectivity index (χ3n) is 5.12. The molecule has 25 heavy (non-hydrogen) atoms. The first-order chi connectivity index (χ1) is 12.1. The van der Waals surface area contributed by atoms with Gasteiger partial charge in [0.15, 0.2) is 11.5 Å². The van der Waals surface area contributed by atoms with Crippen molar-refractivity contribution in [3.8, 4) is 17.6 Å². The van der Waals surface area contributed by atoms with Crippen LogP contribution in [0.5, 0.6) is 11.5 Å².